The van der Waals surface area contributed by atoms with Crippen molar-refractivity contribution in [1.82, 2.24) is 4.90 Å². The van der Waals surface area contributed by atoms with Gasteiger partial charge in [0.05, 0.1) is 6.54 Å². The number of nitrogens with zero attached hydrogens (tertiary/aromatic N) is 1. The van der Waals surface area contributed by atoms with Crippen LogP contribution in [0.1, 0.15) is 39.2 Å². The number of hydrogen-bond acceptors (Lipinski definition) is 2. The van der Waals surface area contributed by atoms with Crippen LogP contribution in [0.2, 0.25) is 0 Å². The van der Waals surface area contributed by atoms with E-state index in [1.54, 1.807) is 4.90 Å². The van der Waals surface area contributed by atoms with Gasteiger partial charge in [-0.1, -0.05) is 38.5 Å². The Morgan fingerprint density at radius 3 is 2.50 bits per heavy atom. The average molecular weight is 276 g/mol. The number of carbonyl (C=O) groups excluding carboxylic acids is 2. The second-order valence-electron chi connectivity index (χ2n) is 4.85. The first-order chi connectivity index (χ1) is 9.58. The number of hydrogen-bond donors (Lipinski definition) is 1. The number of amides is 2. The molecule has 2 amide bonds. The second-order valence-corrected chi connectivity index (χ2v) is 4.85. The van der Waals surface area contributed by atoms with Gasteiger partial charge in [0.25, 0.3) is 0 Å². The Bertz CT molecular complexity index is 458. The molecule has 4 heteroatoms. The van der Waals surface area contributed by atoms with Gasteiger partial charge in [0, 0.05) is 19.2 Å². The summed E-state index contributed by atoms with van der Waals surface area (Å²) in [7, 11) is 0. The maximum absolute atomic E-state index is 12.1. The minimum Gasteiger partial charge on any atom is -0.334 e. The molecular weight excluding hydrogens is 252 g/mol. The van der Waals surface area contributed by atoms with E-state index in [0.717, 1.165) is 30.5 Å². The third-order valence-electron chi connectivity index (χ3n) is 3.23. The molecule has 0 fully saturated rings. The summed E-state index contributed by atoms with van der Waals surface area (Å²) in [6.45, 7) is 6.37. The molecule has 0 aromatic heterocycles. The highest BCUT2D eigenvalue weighted by atomic mass is 16.2. The first kappa shape index (κ1) is 16.2. The van der Waals surface area contributed by atoms with Crippen LogP contribution in [0.5, 0.6) is 0 Å². The third-order valence-corrected chi connectivity index (χ3v) is 3.23. The molecule has 1 N–H and O–H groups in total. The van der Waals surface area contributed by atoms with Crippen LogP contribution < -0.4 is 5.32 Å². The van der Waals surface area contributed by atoms with Crippen molar-refractivity contribution in [2.45, 2.75) is 40.0 Å². The fraction of sp³-hybridized carbons (Fsp3) is 0.500. The van der Waals surface area contributed by atoms with E-state index in [2.05, 4.69) is 12.2 Å². The van der Waals surface area contributed by atoms with E-state index < -0.39 is 0 Å². The van der Waals surface area contributed by atoms with Crippen molar-refractivity contribution in [1.29, 1.82) is 0 Å². The number of carbonyl (C=O) groups is 2. The van der Waals surface area contributed by atoms with Gasteiger partial charge in [0.2, 0.25) is 11.8 Å². The SMILES string of the molecule is CCCCN(CC(=O)Nc1ccccc1CC)C(C)=O. The molecule has 0 bridgehead atoms. The first-order valence-electron chi connectivity index (χ1n) is 7.21. The van der Waals surface area contributed by atoms with Crippen LogP contribution in [0.3, 0.4) is 0 Å². The van der Waals surface area contributed by atoms with Crippen LogP contribution in [-0.2, 0) is 16.0 Å². The molecule has 20 heavy (non-hydrogen) atoms. The molecule has 1 aromatic rings. The van der Waals surface area contributed by atoms with E-state index in [-0.39, 0.29) is 18.4 Å². The summed E-state index contributed by atoms with van der Waals surface area (Å²) >= 11 is 0. The Kier molecular flexibility index (Phi) is 6.77. The summed E-state index contributed by atoms with van der Waals surface area (Å²) in [6, 6.07) is 7.74. The highest BCUT2D eigenvalue weighted by molar-refractivity contribution is 5.94. The highest BCUT2D eigenvalue weighted by Gasteiger charge is 2.13. The fourth-order valence-electron chi connectivity index (χ4n) is 2.01. The number of nitrogens with one attached hydrogen (secondary N) is 1. The Balaban J connectivity index is 2.63. The minimum absolute atomic E-state index is 0.0580. The molecule has 0 radical (unpaired) electrons. The Hall–Kier alpha value is -1.84. The lowest BCUT2D eigenvalue weighted by Gasteiger charge is -2.20. The van der Waals surface area contributed by atoms with Crippen LogP contribution in [0, 0.1) is 0 Å². The quantitative estimate of drug-likeness (QED) is 0.832. The molecule has 4 nitrogen and oxygen atoms in total. The molecule has 0 saturated carbocycles. The molecule has 0 atom stereocenters. The van der Waals surface area contributed by atoms with Crippen molar-refractivity contribution in [3.05, 3.63) is 29.8 Å². The number of anilines is 1. The average Bonchev–Trinajstić information content (AvgIpc) is 2.43. The van der Waals surface area contributed by atoms with Crippen molar-refractivity contribution in [2.75, 3.05) is 18.4 Å². The standard InChI is InChI=1S/C16H24N2O2/c1-4-6-11-18(13(3)19)12-16(20)17-15-10-8-7-9-14(15)5-2/h7-10H,4-6,11-12H2,1-3H3,(H,17,20). The molecule has 0 aliphatic heterocycles. The van der Waals surface area contributed by atoms with E-state index in [1.807, 2.05) is 31.2 Å². The maximum Gasteiger partial charge on any atom is 0.244 e. The van der Waals surface area contributed by atoms with Crippen molar-refractivity contribution in [2.24, 2.45) is 0 Å². The second kappa shape index (κ2) is 8.35. The van der Waals surface area contributed by atoms with Gasteiger partial charge < -0.3 is 10.2 Å². The van der Waals surface area contributed by atoms with Crippen molar-refractivity contribution < 1.29 is 9.59 Å². The fourth-order valence-corrected chi connectivity index (χ4v) is 2.01. The summed E-state index contributed by atoms with van der Waals surface area (Å²) in [6.07, 6.45) is 2.78. The van der Waals surface area contributed by atoms with Gasteiger partial charge in [-0.25, -0.2) is 0 Å². The normalized spacial score (nSPS) is 10.2. The summed E-state index contributed by atoms with van der Waals surface area (Å²) in [5.74, 6) is -0.199. The van der Waals surface area contributed by atoms with E-state index in [1.165, 1.54) is 6.92 Å². The van der Waals surface area contributed by atoms with E-state index in [9.17, 15) is 9.59 Å². The van der Waals surface area contributed by atoms with Crippen molar-refractivity contribution in [3.63, 3.8) is 0 Å². The van der Waals surface area contributed by atoms with Gasteiger partial charge in [0.15, 0.2) is 0 Å². The van der Waals surface area contributed by atoms with E-state index in [4.69, 9.17) is 0 Å². The maximum atomic E-state index is 12.1. The molecule has 1 rings (SSSR count). The summed E-state index contributed by atoms with van der Waals surface area (Å²) < 4.78 is 0. The van der Waals surface area contributed by atoms with Crippen LogP contribution >= 0.6 is 0 Å². The molecule has 110 valence electrons. The number of unbranched alkanes of at least 4 members (excludes halogenated alkanes) is 1. The zero-order valence-electron chi connectivity index (χ0n) is 12.6. The summed E-state index contributed by atoms with van der Waals surface area (Å²) in [5.41, 5.74) is 1.93. The Labute approximate surface area is 121 Å². The lowest BCUT2D eigenvalue weighted by Crippen LogP contribution is -2.37. The van der Waals surface area contributed by atoms with Gasteiger partial charge >= 0.3 is 0 Å². The Morgan fingerprint density at radius 1 is 1.20 bits per heavy atom. The van der Waals surface area contributed by atoms with Crippen LogP contribution in [0.4, 0.5) is 5.69 Å². The summed E-state index contributed by atoms with van der Waals surface area (Å²) in [5, 5.41) is 2.89. The van der Waals surface area contributed by atoms with Gasteiger partial charge in [-0.2, -0.15) is 0 Å². The predicted octanol–water partition coefficient (Wildman–Crippen LogP) is 2.84. The number of benzene rings is 1. The van der Waals surface area contributed by atoms with Gasteiger partial charge in [-0.15, -0.1) is 0 Å². The zero-order valence-corrected chi connectivity index (χ0v) is 12.6. The molecule has 0 spiro atoms. The van der Waals surface area contributed by atoms with E-state index in [0.29, 0.717) is 6.54 Å². The molecule has 0 aliphatic carbocycles. The monoisotopic (exact) mass is 276 g/mol. The van der Waals surface area contributed by atoms with E-state index >= 15 is 0 Å². The lowest BCUT2D eigenvalue weighted by molar-refractivity contribution is -0.132. The smallest absolute Gasteiger partial charge is 0.244 e. The first-order valence-corrected chi connectivity index (χ1v) is 7.21. The number of aryl methyl sites for hydroxylation is 1. The predicted molar refractivity (Wildman–Crippen MR) is 81.6 cm³/mol. The highest BCUT2D eigenvalue weighted by Crippen LogP contribution is 2.15. The third kappa shape index (κ3) is 5.03. The minimum atomic E-state index is -0.141. The number of rotatable bonds is 7. The molecule has 0 unspecified atom stereocenters. The largest absolute Gasteiger partial charge is 0.334 e. The van der Waals surface area contributed by atoms with Crippen LogP contribution in [0.25, 0.3) is 0 Å². The lowest BCUT2D eigenvalue weighted by atomic mass is 10.1. The zero-order chi connectivity index (χ0) is 15.0. The Morgan fingerprint density at radius 2 is 1.90 bits per heavy atom. The van der Waals surface area contributed by atoms with Crippen LogP contribution in [0.15, 0.2) is 24.3 Å². The van der Waals surface area contributed by atoms with Crippen molar-refractivity contribution >= 4 is 17.5 Å². The topological polar surface area (TPSA) is 49.4 Å². The molecule has 1 aromatic carbocycles. The molecule has 0 aliphatic rings. The van der Waals surface area contributed by atoms with Gasteiger partial charge in [-0.3, -0.25) is 9.59 Å². The summed E-state index contributed by atoms with van der Waals surface area (Å²) in [4.78, 5) is 25.2. The van der Waals surface area contributed by atoms with Crippen molar-refractivity contribution in [3.8, 4) is 0 Å². The van der Waals surface area contributed by atoms with Gasteiger partial charge in [0.1, 0.15) is 0 Å². The molecular formula is C16H24N2O2. The number of para-hydroxylation sites is 1. The molecule has 0 saturated heterocycles. The molecule has 0 heterocycles. The van der Waals surface area contributed by atoms with Crippen LogP contribution in [-0.4, -0.2) is 29.8 Å². The van der Waals surface area contributed by atoms with Gasteiger partial charge in [-0.05, 0) is 24.5 Å².